The molecule has 0 spiro atoms. The SMILES string of the molecule is CN(C)CC(C)(O)CNC(=O)CCOCC(F)(F)F. The molecule has 0 radical (unpaired) electrons. The van der Waals surface area contributed by atoms with E-state index in [4.69, 9.17) is 0 Å². The van der Waals surface area contributed by atoms with Gasteiger partial charge < -0.3 is 20.1 Å². The van der Waals surface area contributed by atoms with Crippen LogP contribution in [0.1, 0.15) is 13.3 Å². The molecule has 0 aliphatic heterocycles. The molecule has 0 aliphatic rings. The number of alkyl halides is 3. The second kappa shape index (κ2) is 7.66. The van der Waals surface area contributed by atoms with Crippen LogP contribution < -0.4 is 5.32 Å². The van der Waals surface area contributed by atoms with Gasteiger partial charge >= 0.3 is 6.18 Å². The smallest absolute Gasteiger partial charge is 0.387 e. The minimum Gasteiger partial charge on any atom is -0.387 e. The van der Waals surface area contributed by atoms with E-state index in [-0.39, 0.29) is 19.6 Å². The van der Waals surface area contributed by atoms with Crippen molar-refractivity contribution in [3.8, 4) is 0 Å². The molecule has 114 valence electrons. The normalized spacial score (nSPS) is 15.4. The number of rotatable bonds is 8. The second-order valence-electron chi connectivity index (χ2n) is 4.93. The lowest BCUT2D eigenvalue weighted by atomic mass is 10.1. The molecule has 1 atom stereocenters. The number of hydrogen-bond donors (Lipinski definition) is 2. The highest BCUT2D eigenvalue weighted by molar-refractivity contribution is 5.76. The third kappa shape index (κ3) is 11.9. The predicted octanol–water partition coefficient (Wildman–Crippen LogP) is 0.384. The first-order valence-electron chi connectivity index (χ1n) is 5.80. The van der Waals surface area contributed by atoms with E-state index >= 15 is 0 Å². The van der Waals surface area contributed by atoms with E-state index in [9.17, 15) is 23.1 Å². The van der Waals surface area contributed by atoms with Crippen molar-refractivity contribution in [2.24, 2.45) is 0 Å². The number of nitrogens with zero attached hydrogens (tertiary/aromatic N) is 1. The lowest BCUT2D eigenvalue weighted by Gasteiger charge is -2.27. The molecule has 0 heterocycles. The van der Waals surface area contributed by atoms with Crippen molar-refractivity contribution in [1.29, 1.82) is 0 Å². The fourth-order valence-electron chi connectivity index (χ4n) is 1.47. The van der Waals surface area contributed by atoms with Crippen molar-refractivity contribution in [1.82, 2.24) is 10.2 Å². The highest BCUT2D eigenvalue weighted by Gasteiger charge is 2.27. The van der Waals surface area contributed by atoms with Gasteiger partial charge in [-0.25, -0.2) is 0 Å². The zero-order valence-electron chi connectivity index (χ0n) is 11.4. The summed E-state index contributed by atoms with van der Waals surface area (Å²) >= 11 is 0. The number of aliphatic hydroxyl groups is 1. The van der Waals surface area contributed by atoms with Gasteiger partial charge in [-0.1, -0.05) is 0 Å². The molecule has 5 nitrogen and oxygen atoms in total. The van der Waals surface area contributed by atoms with Crippen molar-refractivity contribution >= 4 is 5.91 Å². The molecule has 0 saturated carbocycles. The van der Waals surface area contributed by atoms with E-state index < -0.39 is 24.3 Å². The minimum absolute atomic E-state index is 0.0310. The molecule has 0 aromatic rings. The van der Waals surface area contributed by atoms with E-state index in [1.54, 1.807) is 25.9 Å². The second-order valence-corrected chi connectivity index (χ2v) is 4.93. The zero-order valence-corrected chi connectivity index (χ0v) is 11.4. The number of ether oxygens (including phenoxy) is 1. The van der Waals surface area contributed by atoms with Crippen LogP contribution in [0.5, 0.6) is 0 Å². The summed E-state index contributed by atoms with van der Waals surface area (Å²) in [5.41, 5.74) is -1.09. The van der Waals surface area contributed by atoms with Gasteiger partial charge in [-0.15, -0.1) is 0 Å². The van der Waals surface area contributed by atoms with Crippen LogP contribution in [-0.4, -0.2) is 68.1 Å². The largest absolute Gasteiger partial charge is 0.411 e. The van der Waals surface area contributed by atoms with E-state index in [2.05, 4.69) is 10.1 Å². The van der Waals surface area contributed by atoms with Crippen LogP contribution in [0.3, 0.4) is 0 Å². The van der Waals surface area contributed by atoms with Crippen LogP contribution >= 0.6 is 0 Å². The first-order chi connectivity index (χ1) is 8.52. The lowest BCUT2D eigenvalue weighted by Crippen LogP contribution is -2.47. The van der Waals surface area contributed by atoms with Crippen molar-refractivity contribution in [3.05, 3.63) is 0 Å². The maximum Gasteiger partial charge on any atom is 0.411 e. The molecule has 1 unspecified atom stereocenters. The minimum atomic E-state index is -4.38. The van der Waals surface area contributed by atoms with Crippen molar-refractivity contribution in [2.45, 2.75) is 25.1 Å². The van der Waals surface area contributed by atoms with Gasteiger partial charge in [-0.3, -0.25) is 4.79 Å². The van der Waals surface area contributed by atoms with E-state index in [0.29, 0.717) is 6.54 Å². The average molecular weight is 286 g/mol. The highest BCUT2D eigenvalue weighted by Crippen LogP contribution is 2.14. The van der Waals surface area contributed by atoms with Gasteiger partial charge in [0.1, 0.15) is 6.61 Å². The number of hydrogen-bond acceptors (Lipinski definition) is 4. The highest BCUT2D eigenvalue weighted by atomic mass is 19.4. The van der Waals surface area contributed by atoms with Gasteiger partial charge in [-0.2, -0.15) is 13.2 Å². The summed E-state index contributed by atoms with van der Waals surface area (Å²) in [6.45, 7) is 0.286. The van der Waals surface area contributed by atoms with Crippen LogP contribution in [0, 0.1) is 0 Å². The molecule has 0 bridgehead atoms. The topological polar surface area (TPSA) is 61.8 Å². The summed E-state index contributed by atoms with van der Waals surface area (Å²) in [5.74, 6) is -0.457. The fourth-order valence-corrected chi connectivity index (χ4v) is 1.47. The summed E-state index contributed by atoms with van der Waals surface area (Å²) in [7, 11) is 3.56. The Labute approximate surface area is 110 Å². The van der Waals surface area contributed by atoms with Gasteiger partial charge in [0, 0.05) is 19.5 Å². The molecule has 2 N–H and O–H groups in total. The Morgan fingerprint density at radius 3 is 2.42 bits per heavy atom. The van der Waals surface area contributed by atoms with Crippen LogP contribution in [0.4, 0.5) is 13.2 Å². The molecule has 1 amide bonds. The standard InChI is InChI=1S/C11H21F3N2O3/c1-10(18,7-16(2)3)6-15-9(17)4-5-19-8-11(12,13)14/h18H,4-8H2,1-3H3,(H,15,17). The van der Waals surface area contributed by atoms with Crippen LogP contribution in [0.2, 0.25) is 0 Å². The maximum atomic E-state index is 11.7. The number of carbonyl (C=O) groups excluding carboxylic acids is 1. The van der Waals surface area contributed by atoms with Gasteiger partial charge in [0.25, 0.3) is 0 Å². The van der Waals surface area contributed by atoms with Crippen LogP contribution in [0.25, 0.3) is 0 Å². The van der Waals surface area contributed by atoms with Gasteiger partial charge in [0.15, 0.2) is 0 Å². The number of amides is 1. The van der Waals surface area contributed by atoms with Gasteiger partial charge in [0.2, 0.25) is 5.91 Å². The first kappa shape index (κ1) is 18.1. The number of halogens is 3. The Morgan fingerprint density at radius 1 is 1.37 bits per heavy atom. The Kier molecular flexibility index (Phi) is 7.32. The fraction of sp³-hybridized carbons (Fsp3) is 0.909. The van der Waals surface area contributed by atoms with Gasteiger partial charge in [-0.05, 0) is 21.0 Å². The Balaban J connectivity index is 3.76. The first-order valence-corrected chi connectivity index (χ1v) is 5.80. The lowest BCUT2D eigenvalue weighted by molar-refractivity contribution is -0.174. The monoisotopic (exact) mass is 286 g/mol. The summed E-state index contributed by atoms with van der Waals surface area (Å²) in [5, 5.41) is 12.3. The van der Waals surface area contributed by atoms with Crippen molar-refractivity contribution in [2.75, 3.05) is 40.4 Å². The summed E-state index contributed by atoms with van der Waals surface area (Å²) in [4.78, 5) is 13.1. The third-order valence-electron chi connectivity index (χ3n) is 2.06. The molecular formula is C11H21F3N2O3. The molecule has 0 aliphatic carbocycles. The predicted molar refractivity (Wildman–Crippen MR) is 63.7 cm³/mol. The summed E-state index contributed by atoms with van der Waals surface area (Å²) in [6, 6.07) is 0. The molecule has 0 fully saturated rings. The van der Waals surface area contributed by atoms with Gasteiger partial charge in [0.05, 0.1) is 12.2 Å². The van der Waals surface area contributed by atoms with E-state index in [0.717, 1.165) is 0 Å². The maximum absolute atomic E-state index is 11.7. The van der Waals surface area contributed by atoms with Crippen LogP contribution in [0.15, 0.2) is 0 Å². The van der Waals surface area contributed by atoms with Crippen molar-refractivity contribution in [3.63, 3.8) is 0 Å². The summed E-state index contributed by atoms with van der Waals surface area (Å²) < 4.78 is 39.5. The van der Waals surface area contributed by atoms with Crippen molar-refractivity contribution < 1.29 is 27.8 Å². The summed E-state index contributed by atoms with van der Waals surface area (Å²) in [6.07, 6.45) is -4.56. The van der Waals surface area contributed by atoms with Crippen LogP contribution in [-0.2, 0) is 9.53 Å². The molecular weight excluding hydrogens is 265 g/mol. The molecule has 8 heteroatoms. The zero-order chi connectivity index (χ0) is 15.1. The average Bonchev–Trinajstić information content (AvgIpc) is 2.18. The number of likely N-dealkylation sites (N-methyl/N-ethyl adjacent to an activating group) is 1. The Hall–Kier alpha value is -0.860. The van der Waals surface area contributed by atoms with E-state index in [1.165, 1.54) is 0 Å². The number of carbonyl (C=O) groups is 1. The Bertz CT molecular complexity index is 281. The molecule has 19 heavy (non-hydrogen) atoms. The molecule has 0 saturated heterocycles. The van der Waals surface area contributed by atoms with E-state index in [1.807, 2.05) is 0 Å². The molecule has 0 aromatic carbocycles. The third-order valence-corrected chi connectivity index (χ3v) is 2.06. The molecule has 0 rings (SSSR count). The quantitative estimate of drug-likeness (QED) is 0.634. The Morgan fingerprint density at radius 2 is 1.95 bits per heavy atom. The number of nitrogens with one attached hydrogen (secondary N) is 1. The molecule has 0 aromatic heterocycles.